The third-order valence-corrected chi connectivity index (χ3v) is 2.04. The number of aliphatic hydroxyl groups is 2. The maximum Gasteiger partial charge on any atom is 0.338 e. The molecular formula is C14H14O9. The second-order valence-corrected chi connectivity index (χ2v) is 3.68. The summed E-state index contributed by atoms with van der Waals surface area (Å²) in [6, 6.07) is 5.48. The molecule has 9 heteroatoms. The van der Waals surface area contributed by atoms with E-state index in [1.807, 2.05) is 0 Å². The Bertz CT molecular complexity index is 553. The lowest BCUT2D eigenvalue weighted by Gasteiger charge is -1.98. The Labute approximate surface area is 130 Å². The summed E-state index contributed by atoms with van der Waals surface area (Å²) in [5, 5.41) is 32.4. The Balaban J connectivity index is 0.000000371. The number of esters is 2. The van der Waals surface area contributed by atoms with Crippen LogP contribution in [0.1, 0.15) is 20.7 Å². The molecule has 0 saturated heterocycles. The van der Waals surface area contributed by atoms with Gasteiger partial charge in [-0.3, -0.25) is 0 Å². The van der Waals surface area contributed by atoms with Crippen LogP contribution in [0.5, 0.6) is 0 Å². The van der Waals surface area contributed by atoms with Gasteiger partial charge in [0.25, 0.3) is 0 Å². The van der Waals surface area contributed by atoms with Crippen LogP contribution in [-0.2, 0) is 14.3 Å². The van der Waals surface area contributed by atoms with E-state index in [1.165, 1.54) is 24.3 Å². The number of benzene rings is 1. The summed E-state index contributed by atoms with van der Waals surface area (Å²) in [4.78, 5) is 40.8. The first-order chi connectivity index (χ1) is 10.8. The maximum absolute atomic E-state index is 10.5. The first-order valence-electron chi connectivity index (χ1n) is 6.04. The van der Waals surface area contributed by atoms with Crippen LogP contribution in [0.15, 0.2) is 36.4 Å². The molecule has 2 rings (SSSR count). The van der Waals surface area contributed by atoms with E-state index in [-0.39, 0.29) is 24.3 Å². The Morgan fingerprint density at radius 1 is 0.826 bits per heavy atom. The zero-order chi connectivity index (χ0) is 17.8. The maximum atomic E-state index is 10.5. The molecule has 4 N–H and O–H groups in total. The standard InChI is InChI=1S/C8H6O4.C4H2O3.C2H6O2/c9-7(10)5-3-1-2-4-6(5)8(11)12;5-3-1-2-4(6)7-3;3-1-2-4/h1-4H,(H,9,10)(H,11,12);1-2H;3-4H,1-2H2. The summed E-state index contributed by atoms with van der Waals surface area (Å²) >= 11 is 0. The average Bonchev–Trinajstić information content (AvgIpc) is 2.91. The molecule has 0 aliphatic carbocycles. The summed E-state index contributed by atoms with van der Waals surface area (Å²) < 4.78 is 3.97. The Hall–Kier alpha value is -3.04. The van der Waals surface area contributed by atoms with Crippen LogP contribution in [0, 0.1) is 0 Å². The van der Waals surface area contributed by atoms with E-state index in [1.54, 1.807) is 0 Å². The summed E-state index contributed by atoms with van der Waals surface area (Å²) in [5.41, 5.74) is -0.380. The number of cyclic esters (lactones) is 2. The highest BCUT2D eigenvalue weighted by molar-refractivity contribution is 6.05. The Morgan fingerprint density at radius 3 is 1.35 bits per heavy atom. The molecule has 1 aliphatic rings. The van der Waals surface area contributed by atoms with Crippen LogP contribution >= 0.6 is 0 Å². The normalized spacial score (nSPS) is 11.6. The van der Waals surface area contributed by atoms with E-state index in [0.29, 0.717) is 0 Å². The lowest BCUT2D eigenvalue weighted by molar-refractivity contribution is -0.150. The van der Waals surface area contributed by atoms with E-state index in [4.69, 9.17) is 20.4 Å². The molecule has 1 aromatic rings. The molecule has 124 valence electrons. The SMILES string of the molecule is O=C(O)c1ccccc1C(=O)O.O=C1C=CC(=O)O1.OCCO. The van der Waals surface area contributed by atoms with E-state index >= 15 is 0 Å². The minimum atomic E-state index is -1.23. The van der Waals surface area contributed by atoms with Gasteiger partial charge in [0.05, 0.1) is 24.3 Å². The molecule has 0 bridgehead atoms. The number of rotatable bonds is 3. The second kappa shape index (κ2) is 10.7. The molecule has 0 saturated carbocycles. The fraction of sp³-hybridized carbons (Fsp3) is 0.143. The predicted octanol–water partition coefficient (Wildman–Crippen LogP) is -0.320. The number of carbonyl (C=O) groups is 4. The number of hydrogen-bond donors (Lipinski definition) is 4. The van der Waals surface area contributed by atoms with E-state index in [0.717, 1.165) is 12.2 Å². The minimum Gasteiger partial charge on any atom is -0.478 e. The highest BCUT2D eigenvalue weighted by Gasteiger charge is 2.13. The zero-order valence-electron chi connectivity index (χ0n) is 11.7. The number of hydrogen-bond acceptors (Lipinski definition) is 7. The quantitative estimate of drug-likeness (QED) is 0.431. The molecule has 1 aliphatic heterocycles. The van der Waals surface area contributed by atoms with Crippen molar-refractivity contribution >= 4 is 23.9 Å². The van der Waals surface area contributed by atoms with Gasteiger partial charge >= 0.3 is 23.9 Å². The summed E-state index contributed by atoms with van der Waals surface area (Å²) in [6.45, 7) is -0.250. The van der Waals surface area contributed by atoms with E-state index in [9.17, 15) is 19.2 Å². The van der Waals surface area contributed by atoms with Crippen LogP contribution in [0.2, 0.25) is 0 Å². The lowest BCUT2D eigenvalue weighted by Crippen LogP contribution is -2.06. The second-order valence-electron chi connectivity index (χ2n) is 3.68. The molecule has 23 heavy (non-hydrogen) atoms. The van der Waals surface area contributed by atoms with Crippen molar-refractivity contribution in [2.24, 2.45) is 0 Å². The van der Waals surface area contributed by atoms with Crippen molar-refractivity contribution in [1.29, 1.82) is 0 Å². The Kier molecular flexibility index (Phi) is 9.25. The molecule has 9 nitrogen and oxygen atoms in total. The molecular weight excluding hydrogens is 312 g/mol. The number of carboxylic acids is 2. The summed E-state index contributed by atoms with van der Waals surface area (Å²) in [5.74, 6) is -3.61. The molecule has 0 unspecified atom stereocenters. The minimum absolute atomic E-state index is 0.125. The fourth-order valence-corrected chi connectivity index (χ4v) is 1.16. The van der Waals surface area contributed by atoms with Gasteiger partial charge < -0.3 is 25.2 Å². The highest BCUT2D eigenvalue weighted by Crippen LogP contribution is 2.07. The number of carboxylic acid groups (broad SMARTS) is 2. The first-order valence-corrected chi connectivity index (χ1v) is 6.04. The van der Waals surface area contributed by atoms with Crippen LogP contribution in [0.4, 0.5) is 0 Å². The number of ether oxygens (including phenoxy) is 1. The van der Waals surface area contributed by atoms with Gasteiger partial charge in [-0.25, -0.2) is 19.2 Å². The van der Waals surface area contributed by atoms with Crippen LogP contribution in [0.25, 0.3) is 0 Å². The van der Waals surface area contributed by atoms with Gasteiger partial charge in [-0.2, -0.15) is 0 Å². The van der Waals surface area contributed by atoms with Crippen molar-refractivity contribution in [2.75, 3.05) is 13.2 Å². The monoisotopic (exact) mass is 326 g/mol. The molecule has 0 atom stereocenters. The van der Waals surface area contributed by atoms with Gasteiger partial charge in [0.15, 0.2) is 0 Å². The zero-order valence-corrected chi connectivity index (χ0v) is 11.7. The van der Waals surface area contributed by atoms with Crippen molar-refractivity contribution < 1.29 is 44.3 Å². The average molecular weight is 326 g/mol. The summed E-state index contributed by atoms with van der Waals surface area (Å²) in [6.07, 6.45) is 2.17. The number of aliphatic hydroxyl groups excluding tert-OH is 2. The van der Waals surface area contributed by atoms with Crippen LogP contribution in [0.3, 0.4) is 0 Å². The van der Waals surface area contributed by atoms with Gasteiger partial charge in [0.1, 0.15) is 0 Å². The molecule has 0 spiro atoms. The van der Waals surface area contributed by atoms with Crippen molar-refractivity contribution in [3.8, 4) is 0 Å². The van der Waals surface area contributed by atoms with Gasteiger partial charge in [0, 0.05) is 12.2 Å². The largest absolute Gasteiger partial charge is 0.478 e. The molecule has 0 amide bonds. The van der Waals surface area contributed by atoms with Gasteiger partial charge in [0.2, 0.25) is 0 Å². The Morgan fingerprint density at radius 2 is 1.17 bits per heavy atom. The fourth-order valence-electron chi connectivity index (χ4n) is 1.16. The number of carbonyl (C=O) groups excluding carboxylic acids is 2. The van der Waals surface area contributed by atoms with E-state index in [2.05, 4.69) is 4.74 Å². The third-order valence-electron chi connectivity index (χ3n) is 2.04. The van der Waals surface area contributed by atoms with Crippen molar-refractivity contribution in [2.45, 2.75) is 0 Å². The van der Waals surface area contributed by atoms with Crippen molar-refractivity contribution in [3.05, 3.63) is 47.5 Å². The number of aromatic carboxylic acids is 2. The first kappa shape index (κ1) is 20.0. The lowest BCUT2D eigenvalue weighted by atomic mass is 10.1. The molecule has 0 radical (unpaired) electrons. The predicted molar refractivity (Wildman–Crippen MR) is 74.8 cm³/mol. The highest BCUT2D eigenvalue weighted by atomic mass is 16.6. The smallest absolute Gasteiger partial charge is 0.338 e. The van der Waals surface area contributed by atoms with Crippen molar-refractivity contribution in [3.63, 3.8) is 0 Å². The van der Waals surface area contributed by atoms with Crippen LogP contribution < -0.4 is 0 Å². The van der Waals surface area contributed by atoms with Gasteiger partial charge in [-0.05, 0) is 12.1 Å². The molecule has 0 fully saturated rings. The molecule has 1 aromatic carbocycles. The summed E-state index contributed by atoms with van der Waals surface area (Å²) in [7, 11) is 0. The molecule has 0 aromatic heterocycles. The van der Waals surface area contributed by atoms with Crippen molar-refractivity contribution in [1.82, 2.24) is 0 Å². The topological polar surface area (TPSA) is 158 Å². The third kappa shape index (κ3) is 8.09. The van der Waals surface area contributed by atoms with Gasteiger partial charge in [-0.15, -0.1) is 0 Å². The van der Waals surface area contributed by atoms with Crippen LogP contribution in [-0.4, -0.2) is 57.5 Å². The van der Waals surface area contributed by atoms with Gasteiger partial charge in [-0.1, -0.05) is 12.1 Å². The van der Waals surface area contributed by atoms with E-state index < -0.39 is 23.9 Å². The molecule has 1 heterocycles.